The second-order valence-electron chi connectivity index (χ2n) is 16.6. The number of amides is 4. The summed E-state index contributed by atoms with van der Waals surface area (Å²) in [5, 5.41) is 15.7. The zero-order chi connectivity index (χ0) is 42.7. The average Bonchev–Trinajstić information content (AvgIpc) is 3.69. The second-order valence-corrected chi connectivity index (χ2v) is 16.6. The molecule has 4 amide bonds. The first kappa shape index (κ1) is 47.6. The summed E-state index contributed by atoms with van der Waals surface area (Å²) in [7, 11) is 0. The van der Waals surface area contributed by atoms with Gasteiger partial charge >= 0.3 is 6.09 Å². The molecule has 0 spiro atoms. The molecule has 320 valence electrons. The zero-order valence-corrected chi connectivity index (χ0v) is 35.7. The summed E-state index contributed by atoms with van der Waals surface area (Å²) in [6.45, 7) is 13.4. The highest BCUT2D eigenvalue weighted by molar-refractivity contribution is 5.92. The van der Waals surface area contributed by atoms with Gasteiger partial charge in [-0.15, -0.1) is 0 Å². The van der Waals surface area contributed by atoms with Crippen molar-refractivity contribution in [3.8, 4) is 0 Å². The van der Waals surface area contributed by atoms with Crippen LogP contribution in [0, 0.1) is 5.92 Å². The van der Waals surface area contributed by atoms with Crippen molar-refractivity contribution in [2.45, 2.75) is 142 Å². The smallest absolute Gasteiger partial charge is 0.408 e. The van der Waals surface area contributed by atoms with Crippen molar-refractivity contribution in [1.82, 2.24) is 25.1 Å². The minimum absolute atomic E-state index is 0.0301. The van der Waals surface area contributed by atoms with Crippen LogP contribution in [-0.4, -0.2) is 97.7 Å². The van der Waals surface area contributed by atoms with E-state index in [-0.39, 0.29) is 50.8 Å². The fraction of sp³-hybridized carbons (Fsp3) is 0.578. The molecule has 0 fully saturated rings. The molecule has 0 aliphatic carbocycles. The Bertz CT molecular complexity index is 1670. The summed E-state index contributed by atoms with van der Waals surface area (Å²) >= 11 is 0. The summed E-state index contributed by atoms with van der Waals surface area (Å²) in [6.07, 6.45) is 5.24. The third-order valence-electron chi connectivity index (χ3n) is 9.96. The minimum atomic E-state index is -1.65. The number of aliphatic hydroxyl groups excluding tert-OH is 1. The van der Waals surface area contributed by atoms with Crippen LogP contribution in [0.15, 0.2) is 73.2 Å². The largest absolute Gasteiger partial charge is 0.444 e. The van der Waals surface area contributed by atoms with E-state index in [1.807, 2.05) is 81.4 Å². The number of benzene rings is 2. The van der Waals surface area contributed by atoms with Crippen molar-refractivity contribution in [2.24, 2.45) is 11.7 Å². The Morgan fingerprint density at radius 1 is 0.914 bits per heavy atom. The number of aliphatic hydroxyl groups is 1. The first-order valence-electron chi connectivity index (χ1n) is 20.8. The van der Waals surface area contributed by atoms with E-state index < -0.39 is 47.2 Å². The lowest BCUT2D eigenvalue weighted by Crippen LogP contribution is -2.71. The third-order valence-corrected chi connectivity index (χ3v) is 9.96. The molecule has 0 aliphatic rings. The van der Waals surface area contributed by atoms with Crippen LogP contribution >= 0.6 is 0 Å². The normalized spacial score (nSPS) is 14.2. The van der Waals surface area contributed by atoms with E-state index in [0.717, 1.165) is 36.8 Å². The molecule has 3 rings (SSSR count). The van der Waals surface area contributed by atoms with Crippen molar-refractivity contribution in [2.75, 3.05) is 19.7 Å². The van der Waals surface area contributed by atoms with Gasteiger partial charge in [-0.2, -0.15) is 0 Å². The highest BCUT2D eigenvalue weighted by Crippen LogP contribution is 2.35. The predicted octanol–water partition coefficient (Wildman–Crippen LogP) is 6.34. The first-order chi connectivity index (χ1) is 27.6. The number of hydrogen-bond acceptors (Lipinski definition) is 8. The van der Waals surface area contributed by atoms with Gasteiger partial charge in [-0.05, 0) is 57.1 Å². The second kappa shape index (κ2) is 23.6. The van der Waals surface area contributed by atoms with E-state index in [1.54, 1.807) is 31.9 Å². The van der Waals surface area contributed by atoms with Gasteiger partial charge in [-0.3, -0.25) is 14.4 Å². The Morgan fingerprint density at radius 2 is 1.55 bits per heavy atom. The molecule has 0 saturated carbocycles. The molecule has 58 heavy (non-hydrogen) atoms. The number of nitrogens with two attached hydrogens (primary N) is 1. The number of hydrogen-bond donors (Lipinski definition) is 4. The van der Waals surface area contributed by atoms with Gasteiger partial charge in [0.15, 0.2) is 0 Å². The Hall–Kier alpha value is -4.75. The number of nitrogens with one attached hydrogen (secondary N) is 2. The number of primary amides is 1. The lowest BCUT2D eigenvalue weighted by molar-refractivity contribution is -0.168. The number of nitrogens with zero attached hydrogens (tertiary/aromatic N) is 3. The number of rotatable bonds is 25. The average molecular weight is 805 g/mol. The summed E-state index contributed by atoms with van der Waals surface area (Å²) in [4.78, 5) is 67.3. The molecule has 0 aliphatic heterocycles. The summed E-state index contributed by atoms with van der Waals surface area (Å²) < 4.78 is 12.2. The first-order valence-corrected chi connectivity index (χ1v) is 20.8. The van der Waals surface area contributed by atoms with Crippen LogP contribution in [0.25, 0.3) is 0 Å². The van der Waals surface area contributed by atoms with Gasteiger partial charge in [0.05, 0.1) is 31.2 Å². The van der Waals surface area contributed by atoms with Gasteiger partial charge in [0.2, 0.25) is 17.7 Å². The minimum Gasteiger partial charge on any atom is -0.444 e. The fourth-order valence-electron chi connectivity index (χ4n) is 7.26. The van der Waals surface area contributed by atoms with Crippen LogP contribution in [0.5, 0.6) is 0 Å². The number of alkyl carbamates (subject to hydrolysis) is 1. The quantitative estimate of drug-likeness (QED) is 0.0717. The Kier molecular flexibility index (Phi) is 19.4. The number of imidazole rings is 1. The molecule has 5 N–H and O–H groups in total. The highest BCUT2D eigenvalue weighted by atomic mass is 16.6. The maximum Gasteiger partial charge on any atom is 0.408 e. The molecule has 2 aromatic carbocycles. The number of aromatic amines is 1. The van der Waals surface area contributed by atoms with E-state index in [1.165, 1.54) is 11.2 Å². The van der Waals surface area contributed by atoms with Crippen LogP contribution in [0.4, 0.5) is 4.79 Å². The predicted molar refractivity (Wildman–Crippen MR) is 225 cm³/mol. The molecule has 3 aromatic rings. The summed E-state index contributed by atoms with van der Waals surface area (Å²) in [5.74, 6) is -1.77. The van der Waals surface area contributed by atoms with Gasteiger partial charge in [0, 0.05) is 44.2 Å². The standard InChI is InChI=1S/C45H68N6O7/c1-8-10-18-24-50(40(53)23-11-9-2)29-39(52)45(27-33(3)4,31-57-30-35-21-16-13-17-22-35)51(38(41(46)54)26-36-28-47-32-48-36)42(55)37(25-34-19-14-12-15-20-34)49-43(56)58-44(5,6)7/h12-17,19-22,28,32-33,37-39,52H,8-11,18,23-27,29-31H2,1-7H3,(H2,46,54)(H,47,48)(H,49,56)/t37-,38-,39-,45?/m0/s1. The van der Waals surface area contributed by atoms with Crippen molar-refractivity contribution < 1.29 is 33.8 Å². The van der Waals surface area contributed by atoms with Crippen LogP contribution < -0.4 is 11.1 Å². The molecular formula is C45H68N6O7. The molecule has 1 aromatic heterocycles. The van der Waals surface area contributed by atoms with Gasteiger partial charge in [0.1, 0.15) is 17.7 Å². The monoisotopic (exact) mass is 805 g/mol. The Labute approximate surface area is 345 Å². The number of carbonyl (C=O) groups is 4. The lowest BCUT2D eigenvalue weighted by atomic mass is 9.79. The third kappa shape index (κ3) is 15.2. The van der Waals surface area contributed by atoms with E-state index in [4.69, 9.17) is 15.2 Å². The molecule has 13 heteroatoms. The zero-order valence-electron chi connectivity index (χ0n) is 35.7. The fourth-order valence-corrected chi connectivity index (χ4v) is 7.26. The van der Waals surface area contributed by atoms with Gasteiger partial charge in [-0.25, -0.2) is 9.78 Å². The number of aromatic nitrogens is 2. The number of carbonyl (C=O) groups excluding carboxylic acids is 4. The van der Waals surface area contributed by atoms with Gasteiger partial charge < -0.3 is 40.4 Å². The molecule has 0 radical (unpaired) electrons. The molecule has 13 nitrogen and oxygen atoms in total. The van der Waals surface area contributed by atoms with E-state index in [2.05, 4.69) is 22.2 Å². The van der Waals surface area contributed by atoms with Crippen LogP contribution in [0.3, 0.4) is 0 Å². The molecule has 4 atom stereocenters. The number of ether oxygens (including phenoxy) is 2. The van der Waals surface area contributed by atoms with Crippen molar-refractivity contribution >= 4 is 23.8 Å². The topological polar surface area (TPSA) is 180 Å². The summed E-state index contributed by atoms with van der Waals surface area (Å²) in [6, 6.07) is 16.1. The van der Waals surface area contributed by atoms with E-state index >= 15 is 4.79 Å². The van der Waals surface area contributed by atoms with Crippen molar-refractivity contribution in [3.05, 3.63) is 90.0 Å². The highest BCUT2D eigenvalue weighted by Gasteiger charge is 2.53. The van der Waals surface area contributed by atoms with E-state index in [0.29, 0.717) is 25.1 Å². The van der Waals surface area contributed by atoms with Crippen LogP contribution in [0.2, 0.25) is 0 Å². The molecule has 0 bridgehead atoms. The molecule has 1 unspecified atom stereocenters. The van der Waals surface area contributed by atoms with E-state index in [9.17, 15) is 19.5 Å². The molecular weight excluding hydrogens is 737 g/mol. The SMILES string of the molecule is CCCCCN(C[C@H](O)C(COCc1ccccc1)(CC(C)C)N(C(=O)[C@H](Cc1ccccc1)NC(=O)OC(C)(C)C)[C@@H](Cc1cnc[nH]1)C(N)=O)C(=O)CCCC. The van der Waals surface area contributed by atoms with Crippen LogP contribution in [-0.2, 0) is 43.3 Å². The van der Waals surface area contributed by atoms with Crippen LogP contribution in [0.1, 0.15) is 110 Å². The maximum atomic E-state index is 15.7. The number of unbranched alkanes of at least 4 members (excludes halogenated alkanes) is 3. The van der Waals surface area contributed by atoms with Crippen molar-refractivity contribution in [1.29, 1.82) is 0 Å². The Balaban J connectivity index is 2.33. The van der Waals surface area contributed by atoms with Crippen molar-refractivity contribution in [3.63, 3.8) is 0 Å². The summed E-state index contributed by atoms with van der Waals surface area (Å²) in [5.41, 5.74) is 5.88. The maximum absolute atomic E-state index is 15.7. The number of H-pyrrole nitrogens is 1. The Morgan fingerprint density at radius 3 is 2.10 bits per heavy atom. The van der Waals surface area contributed by atoms with Gasteiger partial charge in [0.25, 0.3) is 0 Å². The van der Waals surface area contributed by atoms with Gasteiger partial charge in [-0.1, -0.05) is 108 Å². The lowest BCUT2D eigenvalue weighted by Gasteiger charge is -2.51. The molecule has 1 heterocycles. The molecule has 0 saturated heterocycles.